The van der Waals surface area contributed by atoms with Crippen LogP contribution >= 0.6 is 0 Å². The van der Waals surface area contributed by atoms with Gasteiger partial charge in [0.1, 0.15) is 6.54 Å². The number of nitrogens with zero attached hydrogens (tertiary/aromatic N) is 1. The molecular formula is C10H17NO3S. The number of rotatable bonds is 2. The van der Waals surface area contributed by atoms with Gasteiger partial charge in [-0.2, -0.15) is 0 Å². The maximum atomic E-state index is 9.08. The predicted octanol–water partition coefficient (Wildman–Crippen LogP) is 0.718. The lowest BCUT2D eigenvalue weighted by Gasteiger charge is -1.96. The van der Waals surface area contributed by atoms with Crippen LogP contribution in [0.3, 0.4) is 0 Å². The van der Waals surface area contributed by atoms with E-state index >= 15 is 0 Å². The van der Waals surface area contributed by atoms with E-state index in [1.807, 2.05) is 0 Å². The fourth-order valence-electron chi connectivity index (χ4n) is 1.14. The number of aryl methyl sites for hydroxylation is 2. The van der Waals surface area contributed by atoms with Crippen LogP contribution in [0, 0.1) is 0 Å². The van der Waals surface area contributed by atoms with Crippen molar-refractivity contribution < 1.29 is 17.5 Å². The van der Waals surface area contributed by atoms with Crippen molar-refractivity contribution in [1.82, 2.24) is 0 Å². The van der Waals surface area contributed by atoms with Gasteiger partial charge in [0.05, 0.1) is 10.1 Å². The maximum Gasteiger partial charge on any atom is 0.181 e. The Morgan fingerprint density at radius 2 is 1.87 bits per heavy atom. The SMILES string of the molecule is CCc1cccc[n+]1CC.CS(=O)(=O)[O-]. The second kappa shape index (κ2) is 6.53. The van der Waals surface area contributed by atoms with Crippen molar-refractivity contribution >= 4 is 10.1 Å². The zero-order chi connectivity index (χ0) is 11.9. The molecule has 1 rings (SSSR count). The molecule has 5 heteroatoms. The third kappa shape index (κ3) is 8.08. The summed E-state index contributed by atoms with van der Waals surface area (Å²) in [7, 11) is -3.92. The minimum absolute atomic E-state index is 0.604. The summed E-state index contributed by atoms with van der Waals surface area (Å²) in [6.45, 7) is 5.42. The molecule has 0 aliphatic heterocycles. The minimum Gasteiger partial charge on any atom is -0.748 e. The molecule has 4 nitrogen and oxygen atoms in total. The highest BCUT2D eigenvalue weighted by Gasteiger charge is 2.01. The van der Waals surface area contributed by atoms with Crippen LogP contribution in [0.25, 0.3) is 0 Å². The molecule has 15 heavy (non-hydrogen) atoms. The zero-order valence-corrected chi connectivity index (χ0v) is 10.1. The van der Waals surface area contributed by atoms with E-state index in [2.05, 4.69) is 42.8 Å². The molecule has 0 atom stereocenters. The van der Waals surface area contributed by atoms with Crippen LogP contribution in [0.2, 0.25) is 0 Å². The van der Waals surface area contributed by atoms with E-state index in [4.69, 9.17) is 13.0 Å². The van der Waals surface area contributed by atoms with Crippen LogP contribution < -0.4 is 4.57 Å². The quantitative estimate of drug-likeness (QED) is 0.556. The van der Waals surface area contributed by atoms with Crippen LogP contribution in [0.4, 0.5) is 0 Å². The van der Waals surface area contributed by atoms with Gasteiger partial charge in [0, 0.05) is 24.8 Å². The molecule has 0 saturated heterocycles. The summed E-state index contributed by atoms with van der Waals surface area (Å²) in [6.07, 6.45) is 3.85. The van der Waals surface area contributed by atoms with Gasteiger partial charge in [0.2, 0.25) is 0 Å². The van der Waals surface area contributed by atoms with Gasteiger partial charge in [-0.3, -0.25) is 0 Å². The van der Waals surface area contributed by atoms with Crippen LogP contribution in [0.15, 0.2) is 24.4 Å². The molecule has 0 fully saturated rings. The van der Waals surface area contributed by atoms with Crippen molar-refractivity contribution in [3.05, 3.63) is 30.1 Å². The Balaban J connectivity index is 0.000000336. The van der Waals surface area contributed by atoms with E-state index in [9.17, 15) is 0 Å². The van der Waals surface area contributed by atoms with Gasteiger partial charge in [-0.15, -0.1) is 0 Å². The Morgan fingerprint density at radius 1 is 1.33 bits per heavy atom. The maximum absolute atomic E-state index is 9.08. The average molecular weight is 231 g/mol. The first-order chi connectivity index (χ1) is 6.88. The first-order valence-corrected chi connectivity index (χ1v) is 6.58. The van der Waals surface area contributed by atoms with Gasteiger partial charge in [-0.25, -0.2) is 13.0 Å². The van der Waals surface area contributed by atoms with Crippen LogP contribution in [-0.4, -0.2) is 19.2 Å². The average Bonchev–Trinajstić information content (AvgIpc) is 2.15. The summed E-state index contributed by atoms with van der Waals surface area (Å²) in [6, 6.07) is 6.33. The molecule has 1 aromatic rings. The van der Waals surface area contributed by atoms with Crippen molar-refractivity contribution in [1.29, 1.82) is 0 Å². The third-order valence-corrected chi connectivity index (χ3v) is 1.74. The van der Waals surface area contributed by atoms with Gasteiger partial charge in [-0.05, 0) is 6.92 Å². The third-order valence-electron chi connectivity index (χ3n) is 1.74. The van der Waals surface area contributed by atoms with Crippen LogP contribution in [0.5, 0.6) is 0 Å². The van der Waals surface area contributed by atoms with Crippen molar-refractivity contribution in [2.45, 2.75) is 26.8 Å². The molecule has 0 spiro atoms. The highest BCUT2D eigenvalue weighted by atomic mass is 32.2. The largest absolute Gasteiger partial charge is 0.748 e. The Kier molecular flexibility index (Phi) is 6.12. The normalized spacial score (nSPS) is 10.4. The van der Waals surface area contributed by atoms with Gasteiger partial charge >= 0.3 is 0 Å². The Labute approximate surface area is 91.3 Å². The summed E-state index contributed by atoms with van der Waals surface area (Å²) in [5, 5.41) is 0. The molecule has 0 radical (unpaired) electrons. The molecule has 0 aliphatic rings. The summed E-state index contributed by atoms with van der Waals surface area (Å²) in [4.78, 5) is 0. The summed E-state index contributed by atoms with van der Waals surface area (Å²) >= 11 is 0. The monoisotopic (exact) mass is 231 g/mol. The molecule has 0 saturated carbocycles. The molecule has 0 bridgehead atoms. The lowest BCUT2D eigenvalue weighted by atomic mass is 10.3. The Bertz CT molecular complexity index is 356. The summed E-state index contributed by atoms with van der Waals surface area (Å²) in [5.74, 6) is 0. The highest BCUT2D eigenvalue weighted by molar-refractivity contribution is 7.84. The smallest absolute Gasteiger partial charge is 0.181 e. The van der Waals surface area contributed by atoms with Gasteiger partial charge in [-0.1, -0.05) is 13.0 Å². The minimum atomic E-state index is -3.92. The van der Waals surface area contributed by atoms with E-state index in [0.29, 0.717) is 6.26 Å². The predicted molar refractivity (Wildman–Crippen MR) is 57.3 cm³/mol. The van der Waals surface area contributed by atoms with Crippen molar-refractivity contribution in [2.24, 2.45) is 0 Å². The van der Waals surface area contributed by atoms with Gasteiger partial charge in [0.25, 0.3) is 0 Å². The number of hydrogen-bond acceptors (Lipinski definition) is 3. The topological polar surface area (TPSA) is 61.1 Å². The van der Waals surface area contributed by atoms with E-state index in [0.717, 1.165) is 13.0 Å². The molecule has 0 unspecified atom stereocenters. The second-order valence-electron chi connectivity index (χ2n) is 3.04. The van der Waals surface area contributed by atoms with E-state index in [1.165, 1.54) is 5.69 Å². The number of aromatic nitrogens is 1. The van der Waals surface area contributed by atoms with Crippen molar-refractivity contribution in [3.8, 4) is 0 Å². The standard InChI is InChI=1S/C9H14N.CH4O3S/c1-3-9-7-5-6-8-10(9)4-2;1-5(2,3)4/h5-8H,3-4H2,1-2H3;1H3,(H,2,3,4)/q+1;/p-1. The molecule has 86 valence electrons. The Morgan fingerprint density at radius 3 is 2.20 bits per heavy atom. The first-order valence-electron chi connectivity index (χ1n) is 4.76. The molecule has 0 aromatic carbocycles. The summed E-state index contributed by atoms with van der Waals surface area (Å²) < 4.78 is 29.5. The van der Waals surface area contributed by atoms with Crippen molar-refractivity contribution in [2.75, 3.05) is 6.26 Å². The lowest BCUT2D eigenvalue weighted by molar-refractivity contribution is -0.700. The van der Waals surface area contributed by atoms with Crippen LogP contribution in [-0.2, 0) is 23.1 Å². The zero-order valence-electron chi connectivity index (χ0n) is 9.30. The van der Waals surface area contributed by atoms with E-state index in [-0.39, 0.29) is 0 Å². The molecule has 0 amide bonds. The molecule has 1 aromatic heterocycles. The van der Waals surface area contributed by atoms with Crippen LogP contribution in [0.1, 0.15) is 19.5 Å². The molecule has 0 aliphatic carbocycles. The first kappa shape index (κ1) is 14.1. The fourth-order valence-corrected chi connectivity index (χ4v) is 1.14. The number of pyridine rings is 1. The highest BCUT2D eigenvalue weighted by Crippen LogP contribution is 1.90. The van der Waals surface area contributed by atoms with E-state index in [1.54, 1.807) is 0 Å². The molecular weight excluding hydrogens is 214 g/mol. The van der Waals surface area contributed by atoms with E-state index < -0.39 is 10.1 Å². The van der Waals surface area contributed by atoms with Gasteiger partial charge < -0.3 is 4.55 Å². The number of hydrogen-bond donors (Lipinski definition) is 0. The Hall–Kier alpha value is -0.940. The summed E-state index contributed by atoms with van der Waals surface area (Å²) in [5.41, 5.74) is 1.41. The fraction of sp³-hybridized carbons (Fsp3) is 0.500. The second-order valence-corrected chi connectivity index (χ2v) is 4.44. The lowest BCUT2D eigenvalue weighted by Crippen LogP contribution is -2.36. The van der Waals surface area contributed by atoms with Crippen molar-refractivity contribution in [3.63, 3.8) is 0 Å². The molecule has 1 heterocycles. The molecule has 0 N–H and O–H groups in total. The van der Waals surface area contributed by atoms with Gasteiger partial charge in [0.15, 0.2) is 11.9 Å².